The first kappa shape index (κ1) is 30.3. The standard InChI is InChI=1S/C36H65NO2/c1-23(10-9-11-27(38)28(39)22-37)25-15-19-33(5)26(25)16-20-35(7)30(33)12-13-31-34(6)18-14-24(2)32(3,4)29(34)17-21-36(31,35)8/h23-31,38-39H,9-22,37H2,1-8H3/t23?,24-,25+,26?,27?,28?,29?,30?,31?,33-,34-,35+,36+/m0/s1. The molecular weight excluding hydrogens is 478 g/mol. The third-order valence-corrected chi connectivity index (χ3v) is 16.1. The molecule has 0 spiro atoms. The van der Waals surface area contributed by atoms with Gasteiger partial charge in [-0.3, -0.25) is 0 Å². The van der Waals surface area contributed by atoms with E-state index in [0.29, 0.717) is 39.4 Å². The van der Waals surface area contributed by atoms with Gasteiger partial charge in [-0.15, -0.1) is 0 Å². The number of rotatable bonds is 7. The van der Waals surface area contributed by atoms with Crippen LogP contribution in [-0.4, -0.2) is 29.0 Å². The molecule has 0 aliphatic heterocycles. The average Bonchev–Trinajstić information content (AvgIpc) is 3.23. The molecule has 3 heteroatoms. The summed E-state index contributed by atoms with van der Waals surface area (Å²) in [6, 6.07) is 0. The number of nitrogens with two attached hydrogens (primary N) is 1. The molecular formula is C36H65NO2. The molecule has 7 unspecified atom stereocenters. The van der Waals surface area contributed by atoms with Gasteiger partial charge < -0.3 is 15.9 Å². The minimum Gasteiger partial charge on any atom is -0.390 e. The molecule has 5 rings (SSSR count). The first-order valence-electron chi connectivity index (χ1n) is 17.2. The van der Waals surface area contributed by atoms with Crippen LogP contribution in [0.3, 0.4) is 0 Å². The van der Waals surface area contributed by atoms with Gasteiger partial charge in [-0.1, -0.05) is 68.2 Å². The molecule has 0 amide bonds. The van der Waals surface area contributed by atoms with Gasteiger partial charge in [-0.2, -0.15) is 0 Å². The van der Waals surface area contributed by atoms with E-state index in [4.69, 9.17) is 5.73 Å². The number of fused-ring (bicyclic) bond motifs is 7. The summed E-state index contributed by atoms with van der Waals surface area (Å²) in [6.45, 7) is 21.5. The Labute approximate surface area is 241 Å². The number of aliphatic hydroxyl groups excluding tert-OH is 2. The Morgan fingerprint density at radius 2 is 1.28 bits per heavy atom. The molecule has 0 radical (unpaired) electrons. The van der Waals surface area contributed by atoms with Crippen LogP contribution in [0, 0.1) is 68.5 Å². The SMILES string of the molecule is CC(CCCC(O)C(O)CN)[C@H]1CC[C@@]2(C)C1CC[C@]1(C)C2CCC2[C@@]3(C)CC[C@H](C)C(C)(C)C3CC[C@]21C. The highest BCUT2D eigenvalue weighted by molar-refractivity contribution is 5.19. The summed E-state index contributed by atoms with van der Waals surface area (Å²) in [7, 11) is 0. The predicted molar refractivity (Wildman–Crippen MR) is 163 cm³/mol. The lowest BCUT2D eigenvalue weighted by molar-refractivity contribution is -0.246. The summed E-state index contributed by atoms with van der Waals surface area (Å²) in [6.07, 6.45) is 15.8. The summed E-state index contributed by atoms with van der Waals surface area (Å²) in [5.74, 6) is 5.91. The van der Waals surface area contributed by atoms with Crippen molar-refractivity contribution in [2.24, 2.45) is 74.2 Å². The van der Waals surface area contributed by atoms with Gasteiger partial charge in [0.25, 0.3) is 0 Å². The topological polar surface area (TPSA) is 66.5 Å². The van der Waals surface area contributed by atoms with E-state index in [9.17, 15) is 10.2 Å². The Morgan fingerprint density at radius 3 is 1.92 bits per heavy atom. The molecule has 0 aromatic carbocycles. The van der Waals surface area contributed by atoms with E-state index in [1.165, 1.54) is 70.6 Å². The summed E-state index contributed by atoms with van der Waals surface area (Å²) in [4.78, 5) is 0. The van der Waals surface area contributed by atoms with Gasteiger partial charge in [-0.05, 0) is 139 Å². The lowest BCUT2D eigenvalue weighted by Gasteiger charge is -2.73. The maximum absolute atomic E-state index is 10.2. The van der Waals surface area contributed by atoms with E-state index >= 15 is 0 Å². The first-order valence-corrected chi connectivity index (χ1v) is 17.2. The van der Waals surface area contributed by atoms with Crippen LogP contribution in [0.2, 0.25) is 0 Å². The van der Waals surface area contributed by atoms with Crippen molar-refractivity contribution in [3.05, 3.63) is 0 Å². The number of aliphatic hydroxyl groups is 2. The molecule has 5 aliphatic rings. The third-order valence-electron chi connectivity index (χ3n) is 16.1. The zero-order valence-corrected chi connectivity index (χ0v) is 27.1. The van der Waals surface area contributed by atoms with Crippen molar-refractivity contribution in [1.29, 1.82) is 0 Å². The maximum atomic E-state index is 10.2. The molecule has 0 heterocycles. The number of hydrogen-bond donors (Lipinski definition) is 3. The highest BCUT2D eigenvalue weighted by Gasteiger charge is 2.70. The van der Waals surface area contributed by atoms with E-state index in [2.05, 4.69) is 55.4 Å². The molecule has 226 valence electrons. The van der Waals surface area contributed by atoms with E-state index in [1.807, 2.05) is 0 Å². The molecule has 5 aliphatic carbocycles. The van der Waals surface area contributed by atoms with E-state index in [0.717, 1.165) is 41.9 Å². The lowest BCUT2D eigenvalue weighted by Crippen LogP contribution is -2.66. The smallest absolute Gasteiger partial charge is 0.0920 e. The van der Waals surface area contributed by atoms with Gasteiger partial charge in [0.1, 0.15) is 0 Å². The zero-order chi connectivity index (χ0) is 28.6. The monoisotopic (exact) mass is 544 g/mol. The normalized spacial score (nSPS) is 51.2. The van der Waals surface area contributed by atoms with Crippen molar-refractivity contribution in [3.63, 3.8) is 0 Å². The highest BCUT2D eigenvalue weighted by atomic mass is 16.3. The molecule has 3 nitrogen and oxygen atoms in total. The Morgan fingerprint density at radius 1 is 0.692 bits per heavy atom. The van der Waals surface area contributed by atoms with Gasteiger partial charge in [0, 0.05) is 6.54 Å². The van der Waals surface area contributed by atoms with Crippen molar-refractivity contribution >= 4 is 0 Å². The molecule has 13 atom stereocenters. The highest BCUT2D eigenvalue weighted by Crippen LogP contribution is 2.78. The summed E-state index contributed by atoms with van der Waals surface area (Å²) >= 11 is 0. The van der Waals surface area contributed by atoms with Gasteiger partial charge in [0.2, 0.25) is 0 Å². The fourth-order valence-electron chi connectivity index (χ4n) is 13.3. The van der Waals surface area contributed by atoms with Crippen LogP contribution >= 0.6 is 0 Å². The molecule has 39 heavy (non-hydrogen) atoms. The van der Waals surface area contributed by atoms with E-state index in [1.54, 1.807) is 0 Å². The fraction of sp³-hybridized carbons (Fsp3) is 1.00. The minimum absolute atomic E-state index is 0.149. The largest absolute Gasteiger partial charge is 0.390 e. The second kappa shape index (κ2) is 10.3. The minimum atomic E-state index is -0.775. The molecule has 5 saturated carbocycles. The Balaban J connectivity index is 1.33. The second-order valence-electron chi connectivity index (χ2n) is 17.5. The van der Waals surface area contributed by atoms with Gasteiger partial charge >= 0.3 is 0 Å². The van der Waals surface area contributed by atoms with E-state index < -0.39 is 12.2 Å². The van der Waals surface area contributed by atoms with Gasteiger partial charge in [0.05, 0.1) is 12.2 Å². The molecule has 0 saturated heterocycles. The van der Waals surface area contributed by atoms with Gasteiger partial charge in [0.15, 0.2) is 0 Å². The van der Waals surface area contributed by atoms with Crippen LogP contribution in [0.4, 0.5) is 0 Å². The summed E-state index contributed by atoms with van der Waals surface area (Å²) < 4.78 is 0. The molecule has 0 aromatic rings. The predicted octanol–water partition coefficient (Wildman–Crippen LogP) is 8.21. The van der Waals surface area contributed by atoms with Crippen molar-refractivity contribution < 1.29 is 10.2 Å². The van der Waals surface area contributed by atoms with Crippen LogP contribution in [0.15, 0.2) is 0 Å². The quantitative estimate of drug-likeness (QED) is 0.303. The Kier molecular flexibility index (Phi) is 7.98. The fourth-order valence-corrected chi connectivity index (χ4v) is 13.3. The Bertz CT molecular complexity index is 887. The van der Waals surface area contributed by atoms with Crippen LogP contribution in [-0.2, 0) is 0 Å². The van der Waals surface area contributed by atoms with Crippen LogP contribution in [0.5, 0.6) is 0 Å². The molecule has 5 fully saturated rings. The van der Waals surface area contributed by atoms with Crippen molar-refractivity contribution in [2.75, 3.05) is 6.54 Å². The van der Waals surface area contributed by atoms with Crippen LogP contribution < -0.4 is 5.73 Å². The second-order valence-corrected chi connectivity index (χ2v) is 17.5. The number of hydrogen-bond acceptors (Lipinski definition) is 3. The van der Waals surface area contributed by atoms with E-state index in [-0.39, 0.29) is 6.54 Å². The average molecular weight is 544 g/mol. The van der Waals surface area contributed by atoms with Crippen molar-refractivity contribution in [3.8, 4) is 0 Å². The first-order chi connectivity index (χ1) is 18.2. The lowest BCUT2D eigenvalue weighted by atomic mass is 9.31. The van der Waals surface area contributed by atoms with Gasteiger partial charge in [-0.25, -0.2) is 0 Å². The summed E-state index contributed by atoms with van der Waals surface area (Å²) in [5.41, 5.74) is 8.00. The summed E-state index contributed by atoms with van der Waals surface area (Å²) in [5, 5.41) is 20.1. The van der Waals surface area contributed by atoms with Crippen molar-refractivity contribution in [2.45, 2.75) is 151 Å². The van der Waals surface area contributed by atoms with Crippen LogP contribution in [0.25, 0.3) is 0 Å². The zero-order valence-electron chi connectivity index (χ0n) is 27.1. The molecule has 4 N–H and O–H groups in total. The van der Waals surface area contributed by atoms with Crippen LogP contribution in [0.1, 0.15) is 139 Å². The molecule has 0 bridgehead atoms. The maximum Gasteiger partial charge on any atom is 0.0920 e. The third kappa shape index (κ3) is 4.35. The molecule has 0 aromatic heterocycles. The van der Waals surface area contributed by atoms with Crippen molar-refractivity contribution in [1.82, 2.24) is 0 Å². The Hall–Kier alpha value is -0.120.